The first-order chi connectivity index (χ1) is 13.4. The van der Waals surface area contributed by atoms with Gasteiger partial charge in [-0.3, -0.25) is 4.79 Å². The van der Waals surface area contributed by atoms with Gasteiger partial charge in [-0.2, -0.15) is 0 Å². The van der Waals surface area contributed by atoms with Gasteiger partial charge in [0.25, 0.3) is 0 Å². The van der Waals surface area contributed by atoms with Gasteiger partial charge < -0.3 is 25.2 Å². The molecule has 4 aliphatic carbocycles. The van der Waals surface area contributed by atoms with Crippen molar-refractivity contribution in [3.8, 4) is 11.5 Å². The Morgan fingerprint density at radius 2 is 2.29 bits per heavy atom. The largest absolute Gasteiger partial charge is 0.477 e. The molecule has 0 aromatic heterocycles. The van der Waals surface area contributed by atoms with Gasteiger partial charge in [0.1, 0.15) is 0 Å². The Hall–Kier alpha value is -2.12. The zero-order chi connectivity index (χ0) is 19.5. The minimum Gasteiger partial charge on any atom is -0.477 e. The molecule has 1 amide bonds. The fourth-order valence-corrected chi connectivity index (χ4v) is 6.93. The molecule has 5 atom stereocenters. The van der Waals surface area contributed by atoms with Gasteiger partial charge in [-0.15, -0.1) is 0 Å². The maximum atomic E-state index is 12.8. The lowest BCUT2D eigenvalue weighted by Crippen LogP contribution is -2.62. The second kappa shape index (κ2) is 4.89. The van der Waals surface area contributed by atoms with Gasteiger partial charge in [-0.25, -0.2) is 4.79 Å². The third-order valence-corrected chi connectivity index (χ3v) is 8.07. The summed E-state index contributed by atoms with van der Waals surface area (Å²) >= 11 is 0. The van der Waals surface area contributed by atoms with Gasteiger partial charge in [-0.1, -0.05) is 6.07 Å². The molecule has 3 saturated carbocycles. The number of amides is 1. The molecule has 0 saturated heterocycles. The van der Waals surface area contributed by atoms with Crippen molar-refractivity contribution in [3.05, 3.63) is 23.3 Å². The van der Waals surface area contributed by atoms with Gasteiger partial charge >= 0.3 is 6.09 Å². The van der Waals surface area contributed by atoms with Crippen molar-refractivity contribution in [2.75, 3.05) is 20.1 Å². The van der Waals surface area contributed by atoms with Gasteiger partial charge in [0.05, 0.1) is 11.0 Å². The SMILES string of the molecule is CN(CCN)C(=O)Oc1ccc2c3c1O[C@H]1C(=O)CC[C@@]4(O)[C@@H]5CC5(C2)C[C@]314. The minimum atomic E-state index is -0.902. The summed E-state index contributed by atoms with van der Waals surface area (Å²) in [4.78, 5) is 26.6. The van der Waals surface area contributed by atoms with E-state index in [1.165, 1.54) is 4.90 Å². The summed E-state index contributed by atoms with van der Waals surface area (Å²) in [5.74, 6) is 1.08. The molecular formula is C21H24N2O5. The van der Waals surface area contributed by atoms with Crippen molar-refractivity contribution < 1.29 is 24.2 Å². The van der Waals surface area contributed by atoms with E-state index in [-0.39, 0.29) is 17.1 Å². The van der Waals surface area contributed by atoms with Crippen LogP contribution in [0.15, 0.2) is 12.1 Å². The van der Waals surface area contributed by atoms with E-state index < -0.39 is 23.2 Å². The summed E-state index contributed by atoms with van der Waals surface area (Å²) in [5.41, 5.74) is 6.09. The molecule has 3 N–H and O–H groups in total. The van der Waals surface area contributed by atoms with Crippen LogP contribution in [0.5, 0.6) is 11.5 Å². The van der Waals surface area contributed by atoms with Crippen molar-refractivity contribution in [1.29, 1.82) is 0 Å². The van der Waals surface area contributed by atoms with E-state index in [9.17, 15) is 14.7 Å². The highest BCUT2D eigenvalue weighted by Crippen LogP contribution is 2.82. The number of carbonyl (C=O) groups excluding carboxylic acids is 2. The third kappa shape index (κ3) is 1.66. The zero-order valence-electron chi connectivity index (χ0n) is 15.9. The smallest absolute Gasteiger partial charge is 0.415 e. The number of fused-ring (bicyclic) bond motifs is 1. The maximum Gasteiger partial charge on any atom is 0.415 e. The molecule has 1 aromatic rings. The van der Waals surface area contributed by atoms with Crippen LogP contribution in [0.1, 0.15) is 36.8 Å². The number of carbonyl (C=O) groups is 2. The minimum absolute atomic E-state index is 0.0442. The third-order valence-electron chi connectivity index (χ3n) is 8.07. The van der Waals surface area contributed by atoms with E-state index in [4.69, 9.17) is 15.2 Å². The molecule has 148 valence electrons. The molecule has 1 heterocycles. The predicted molar refractivity (Wildman–Crippen MR) is 98.3 cm³/mol. The second-order valence-electron chi connectivity index (χ2n) is 9.34. The van der Waals surface area contributed by atoms with Gasteiger partial charge in [-0.05, 0) is 48.6 Å². The summed E-state index contributed by atoms with van der Waals surface area (Å²) in [6, 6.07) is 3.75. The number of ketones is 1. The molecule has 3 fully saturated rings. The standard InChI is InChI=1S/C21H24N2O5/c1-23(7-6-22)18(25)27-13-3-2-11-8-19-9-14(19)21(26)5-4-12(24)17-20(21,10-19)15(11)16(13)28-17/h2-3,14,17,26H,4-10,22H2,1H3/t14-,17+,19?,20+,21-/m1/s1. The van der Waals surface area contributed by atoms with Crippen molar-refractivity contribution >= 4 is 11.9 Å². The highest BCUT2D eigenvalue weighted by Gasteiger charge is 2.85. The molecular weight excluding hydrogens is 360 g/mol. The summed E-state index contributed by atoms with van der Waals surface area (Å²) in [6.07, 6.45) is 2.37. The van der Waals surface area contributed by atoms with Crippen LogP contribution in [0.25, 0.3) is 0 Å². The van der Waals surface area contributed by atoms with E-state index in [2.05, 4.69) is 0 Å². The van der Waals surface area contributed by atoms with Crippen molar-refractivity contribution in [2.24, 2.45) is 17.1 Å². The van der Waals surface area contributed by atoms with Crippen LogP contribution in [0.4, 0.5) is 4.79 Å². The molecule has 7 nitrogen and oxygen atoms in total. The van der Waals surface area contributed by atoms with E-state index in [0.717, 1.165) is 30.4 Å². The summed E-state index contributed by atoms with van der Waals surface area (Å²) < 4.78 is 11.8. The molecule has 2 bridgehead atoms. The van der Waals surface area contributed by atoms with Crippen LogP contribution < -0.4 is 15.2 Å². The average molecular weight is 384 g/mol. The molecule has 1 aromatic carbocycles. The Balaban J connectivity index is 1.49. The number of ether oxygens (including phenoxy) is 2. The zero-order valence-corrected chi connectivity index (χ0v) is 15.9. The topological polar surface area (TPSA) is 102 Å². The van der Waals surface area contributed by atoms with Gasteiger partial charge in [0, 0.05) is 32.1 Å². The quantitative estimate of drug-likeness (QED) is 0.810. The number of hydrogen-bond acceptors (Lipinski definition) is 6. The number of likely N-dealkylation sites (N-methyl/N-ethyl adjacent to an activating group) is 1. The van der Waals surface area contributed by atoms with Gasteiger partial charge in [0.15, 0.2) is 23.4 Å². The Morgan fingerprint density at radius 1 is 1.46 bits per heavy atom. The second-order valence-corrected chi connectivity index (χ2v) is 9.34. The fraction of sp³-hybridized carbons (Fsp3) is 0.619. The number of Topliss-reactive ketones (excluding diaryl/α,β-unsaturated/α-hetero) is 1. The Labute approximate surface area is 162 Å². The van der Waals surface area contributed by atoms with Crippen LogP contribution in [-0.4, -0.2) is 53.7 Å². The molecule has 6 rings (SSSR count). The van der Waals surface area contributed by atoms with E-state index in [0.29, 0.717) is 37.4 Å². The van der Waals surface area contributed by atoms with Gasteiger partial charge in [0.2, 0.25) is 0 Å². The summed E-state index contributed by atoms with van der Waals surface area (Å²) in [6.45, 7) is 0.726. The van der Waals surface area contributed by atoms with E-state index >= 15 is 0 Å². The highest BCUT2D eigenvalue weighted by atomic mass is 16.6. The first-order valence-electron chi connectivity index (χ1n) is 10.1. The molecule has 7 heteroatoms. The van der Waals surface area contributed by atoms with Crippen molar-refractivity contribution in [2.45, 2.75) is 49.2 Å². The predicted octanol–water partition coefficient (Wildman–Crippen LogP) is 1.13. The first-order valence-corrected chi connectivity index (χ1v) is 10.1. The van der Waals surface area contributed by atoms with E-state index in [1.807, 2.05) is 6.07 Å². The fourth-order valence-electron chi connectivity index (χ4n) is 6.93. The maximum absolute atomic E-state index is 12.8. The van der Waals surface area contributed by atoms with Crippen molar-refractivity contribution in [3.63, 3.8) is 0 Å². The highest BCUT2D eigenvalue weighted by molar-refractivity contribution is 5.90. The molecule has 2 spiro atoms. The lowest BCUT2D eigenvalue weighted by Gasteiger charge is -2.49. The Bertz CT molecular complexity index is 947. The first kappa shape index (κ1) is 16.8. The Morgan fingerprint density at radius 3 is 3.07 bits per heavy atom. The van der Waals surface area contributed by atoms with Crippen LogP contribution in [-0.2, 0) is 16.6 Å². The number of hydrogen-bond donors (Lipinski definition) is 2. The average Bonchev–Trinajstić information content (AvgIpc) is 3.16. The molecule has 28 heavy (non-hydrogen) atoms. The lowest BCUT2D eigenvalue weighted by atomic mass is 9.55. The Kier molecular flexibility index (Phi) is 2.93. The van der Waals surface area contributed by atoms with E-state index in [1.54, 1.807) is 13.1 Å². The number of nitrogens with two attached hydrogens (primary N) is 1. The van der Waals surface area contributed by atoms with Crippen LogP contribution >= 0.6 is 0 Å². The normalized spacial score (nSPS) is 40.5. The van der Waals surface area contributed by atoms with Crippen LogP contribution in [0, 0.1) is 11.3 Å². The molecule has 0 radical (unpaired) electrons. The van der Waals surface area contributed by atoms with Crippen LogP contribution in [0.2, 0.25) is 0 Å². The summed E-state index contributed by atoms with van der Waals surface area (Å²) in [7, 11) is 1.63. The molecule has 5 aliphatic rings. The number of aliphatic hydroxyl groups is 1. The molecule has 1 unspecified atom stereocenters. The number of benzene rings is 1. The number of nitrogens with zero attached hydrogens (tertiary/aromatic N) is 1. The van der Waals surface area contributed by atoms with Crippen molar-refractivity contribution in [1.82, 2.24) is 4.90 Å². The monoisotopic (exact) mass is 384 g/mol. The molecule has 1 aliphatic heterocycles. The lowest BCUT2D eigenvalue weighted by molar-refractivity contribution is -0.149. The van der Waals surface area contributed by atoms with Crippen LogP contribution in [0.3, 0.4) is 0 Å². The summed E-state index contributed by atoms with van der Waals surface area (Å²) in [5, 5.41) is 11.8. The number of rotatable bonds is 3.